The lowest BCUT2D eigenvalue weighted by Crippen LogP contribution is -2.43. The molecular weight excluding hydrogens is 413 g/mol. The summed E-state index contributed by atoms with van der Waals surface area (Å²) in [7, 11) is 0. The third-order valence-corrected chi connectivity index (χ3v) is 4.68. The van der Waals surface area contributed by atoms with Crippen molar-refractivity contribution in [2.24, 2.45) is 5.92 Å². The number of halogens is 3. The molecule has 1 aromatic carbocycles. The number of rotatable bonds is 8. The third kappa shape index (κ3) is 5.99. The molecule has 1 amide bonds. The van der Waals surface area contributed by atoms with Gasteiger partial charge in [0.15, 0.2) is 5.69 Å². The molecule has 0 saturated heterocycles. The molecule has 2 aromatic rings. The summed E-state index contributed by atoms with van der Waals surface area (Å²) in [6.07, 6.45) is -3.47. The number of hydrogen-bond acceptors (Lipinski definition) is 4. The number of nitrogen functional groups attached to an aromatic ring is 1. The third-order valence-electron chi connectivity index (χ3n) is 4.68. The van der Waals surface area contributed by atoms with Crippen LogP contribution in [0.15, 0.2) is 33.9 Å². The number of amides is 1. The Kier molecular flexibility index (Phi) is 7.70. The Morgan fingerprint density at radius 1 is 1.26 bits per heavy atom. The van der Waals surface area contributed by atoms with Gasteiger partial charge in [-0.15, -0.1) is 0 Å². The van der Waals surface area contributed by atoms with E-state index in [2.05, 4.69) is 4.98 Å². The van der Waals surface area contributed by atoms with E-state index in [0.717, 1.165) is 23.5 Å². The zero-order valence-corrected chi connectivity index (χ0v) is 17.8. The molecule has 0 atom stereocenters. The van der Waals surface area contributed by atoms with Gasteiger partial charge in [0.25, 0.3) is 5.56 Å². The van der Waals surface area contributed by atoms with E-state index in [1.54, 1.807) is 0 Å². The first-order valence-electron chi connectivity index (χ1n) is 10.0. The molecule has 0 spiro atoms. The molecule has 0 aliphatic carbocycles. The van der Waals surface area contributed by atoms with Gasteiger partial charge < -0.3 is 10.6 Å². The summed E-state index contributed by atoms with van der Waals surface area (Å²) in [6, 6.07) is 4.47. The number of nitrogens with two attached hydrogens (primary N) is 1. The Balaban J connectivity index is 2.48. The normalized spacial score (nSPS) is 11.7. The fraction of sp³-hybridized carbons (Fsp3) is 0.476. The smallest absolute Gasteiger partial charge is 0.383 e. The van der Waals surface area contributed by atoms with E-state index in [4.69, 9.17) is 5.73 Å². The van der Waals surface area contributed by atoms with Gasteiger partial charge in [-0.25, -0.2) is 4.79 Å². The molecule has 2 rings (SSSR count). The molecule has 0 aliphatic heterocycles. The molecular formula is C21H27F3N4O3. The summed E-state index contributed by atoms with van der Waals surface area (Å²) >= 11 is 0. The van der Waals surface area contributed by atoms with Crippen molar-refractivity contribution in [3.8, 4) is 0 Å². The number of carbonyl (C=O) groups is 1. The van der Waals surface area contributed by atoms with Gasteiger partial charge >= 0.3 is 11.9 Å². The SMILES string of the molecule is CCCCn1c(N)c(N(CC(C)C)C(=O)Cc2cccc(C(F)(F)F)c2)c(=O)[nH]c1=O. The average molecular weight is 440 g/mol. The maximum atomic E-state index is 13.1. The highest BCUT2D eigenvalue weighted by atomic mass is 19.4. The Morgan fingerprint density at radius 3 is 2.52 bits per heavy atom. The summed E-state index contributed by atoms with van der Waals surface area (Å²) in [5.74, 6) is -0.800. The van der Waals surface area contributed by atoms with Gasteiger partial charge in [-0.1, -0.05) is 45.4 Å². The Morgan fingerprint density at radius 2 is 1.94 bits per heavy atom. The number of hydrogen-bond donors (Lipinski definition) is 2. The summed E-state index contributed by atoms with van der Waals surface area (Å²) in [4.78, 5) is 41.1. The second-order valence-electron chi connectivity index (χ2n) is 7.77. The molecule has 3 N–H and O–H groups in total. The number of nitrogens with zero attached hydrogens (tertiary/aromatic N) is 2. The maximum Gasteiger partial charge on any atom is 0.416 e. The van der Waals surface area contributed by atoms with E-state index in [1.165, 1.54) is 16.7 Å². The average Bonchev–Trinajstić information content (AvgIpc) is 2.66. The van der Waals surface area contributed by atoms with Crippen LogP contribution in [0, 0.1) is 5.92 Å². The van der Waals surface area contributed by atoms with Crippen LogP contribution in [0.2, 0.25) is 0 Å². The van der Waals surface area contributed by atoms with Crippen LogP contribution in [-0.4, -0.2) is 22.0 Å². The molecule has 0 saturated carbocycles. The summed E-state index contributed by atoms with van der Waals surface area (Å²) < 4.78 is 40.2. The first kappa shape index (κ1) is 24.2. The molecule has 7 nitrogen and oxygen atoms in total. The first-order chi connectivity index (χ1) is 14.5. The van der Waals surface area contributed by atoms with Crippen molar-refractivity contribution in [3.05, 3.63) is 56.2 Å². The fourth-order valence-electron chi connectivity index (χ4n) is 3.19. The van der Waals surface area contributed by atoms with E-state index >= 15 is 0 Å². The highest BCUT2D eigenvalue weighted by Crippen LogP contribution is 2.30. The topological polar surface area (TPSA) is 101 Å². The van der Waals surface area contributed by atoms with Gasteiger partial charge in [-0.2, -0.15) is 13.2 Å². The lowest BCUT2D eigenvalue weighted by Gasteiger charge is -2.26. The number of nitrogens with one attached hydrogen (secondary N) is 1. The van der Waals surface area contributed by atoms with E-state index in [0.29, 0.717) is 6.42 Å². The molecule has 0 fully saturated rings. The number of unbranched alkanes of at least 4 members (excludes halogenated alkanes) is 1. The second kappa shape index (κ2) is 9.84. The van der Waals surface area contributed by atoms with Gasteiger partial charge in [0.05, 0.1) is 12.0 Å². The van der Waals surface area contributed by atoms with Crippen LogP contribution in [0.25, 0.3) is 0 Å². The quantitative estimate of drug-likeness (QED) is 0.658. The fourth-order valence-corrected chi connectivity index (χ4v) is 3.19. The van der Waals surface area contributed by atoms with Crippen LogP contribution in [0.1, 0.15) is 44.7 Å². The van der Waals surface area contributed by atoms with Crippen molar-refractivity contribution in [2.45, 2.75) is 52.8 Å². The Bertz CT molecular complexity index is 1040. The molecule has 10 heteroatoms. The molecule has 0 radical (unpaired) electrons. The largest absolute Gasteiger partial charge is 0.416 e. The summed E-state index contributed by atoms with van der Waals surface area (Å²) in [5.41, 5.74) is 3.76. The second-order valence-corrected chi connectivity index (χ2v) is 7.77. The zero-order valence-electron chi connectivity index (χ0n) is 17.8. The van der Waals surface area contributed by atoms with Crippen molar-refractivity contribution >= 4 is 17.4 Å². The lowest BCUT2D eigenvalue weighted by atomic mass is 10.1. The number of alkyl halides is 3. The molecule has 1 heterocycles. The van der Waals surface area contributed by atoms with Gasteiger partial charge in [0, 0.05) is 13.1 Å². The Hall–Kier alpha value is -3.04. The molecule has 1 aromatic heterocycles. The van der Waals surface area contributed by atoms with Gasteiger partial charge in [0.1, 0.15) is 5.82 Å². The minimum absolute atomic E-state index is 0.0692. The van der Waals surface area contributed by atoms with Crippen LogP contribution < -0.4 is 21.9 Å². The highest BCUT2D eigenvalue weighted by Gasteiger charge is 2.31. The van der Waals surface area contributed by atoms with Crippen molar-refractivity contribution < 1.29 is 18.0 Å². The molecule has 0 unspecified atom stereocenters. The minimum atomic E-state index is -4.53. The predicted molar refractivity (Wildman–Crippen MR) is 113 cm³/mol. The van der Waals surface area contributed by atoms with Crippen LogP contribution in [0.5, 0.6) is 0 Å². The monoisotopic (exact) mass is 440 g/mol. The van der Waals surface area contributed by atoms with E-state index in [-0.39, 0.29) is 42.5 Å². The molecule has 0 bridgehead atoms. The number of benzene rings is 1. The van der Waals surface area contributed by atoms with Crippen molar-refractivity contribution in [3.63, 3.8) is 0 Å². The number of anilines is 2. The lowest BCUT2D eigenvalue weighted by molar-refractivity contribution is -0.137. The Labute approximate surface area is 177 Å². The van der Waals surface area contributed by atoms with Gasteiger partial charge in [-0.3, -0.25) is 19.1 Å². The molecule has 170 valence electrons. The molecule has 31 heavy (non-hydrogen) atoms. The van der Waals surface area contributed by atoms with Crippen molar-refractivity contribution in [1.29, 1.82) is 0 Å². The maximum absolute atomic E-state index is 13.1. The number of aromatic nitrogens is 2. The van der Waals surface area contributed by atoms with Crippen LogP contribution in [0.3, 0.4) is 0 Å². The van der Waals surface area contributed by atoms with Crippen molar-refractivity contribution in [2.75, 3.05) is 17.2 Å². The summed E-state index contributed by atoms with van der Waals surface area (Å²) in [6.45, 7) is 5.95. The van der Waals surface area contributed by atoms with Gasteiger partial charge in [0.2, 0.25) is 5.91 Å². The highest BCUT2D eigenvalue weighted by molar-refractivity contribution is 5.96. The van der Waals surface area contributed by atoms with E-state index in [9.17, 15) is 27.6 Å². The minimum Gasteiger partial charge on any atom is -0.383 e. The summed E-state index contributed by atoms with van der Waals surface area (Å²) in [5, 5.41) is 0. The van der Waals surface area contributed by atoms with E-state index in [1.807, 2.05) is 20.8 Å². The zero-order chi connectivity index (χ0) is 23.3. The number of carbonyl (C=O) groups excluding carboxylic acids is 1. The van der Waals surface area contributed by atoms with Crippen LogP contribution in [0.4, 0.5) is 24.7 Å². The standard InChI is InChI=1S/C21H27F3N4O3/c1-4-5-9-27-18(25)17(19(30)26-20(27)31)28(12-13(2)3)16(29)11-14-7-6-8-15(10-14)21(22,23)24/h6-8,10,13H,4-5,9,11-12,25H2,1-3H3,(H,26,30,31). The number of H-pyrrole nitrogens is 1. The van der Waals surface area contributed by atoms with Crippen LogP contribution in [-0.2, 0) is 23.9 Å². The first-order valence-corrected chi connectivity index (χ1v) is 10.0. The van der Waals surface area contributed by atoms with E-state index < -0.39 is 28.9 Å². The number of aromatic amines is 1. The van der Waals surface area contributed by atoms with Crippen LogP contribution >= 0.6 is 0 Å². The van der Waals surface area contributed by atoms with Crippen molar-refractivity contribution in [1.82, 2.24) is 9.55 Å². The predicted octanol–water partition coefficient (Wildman–Crippen LogP) is 3.17. The molecule has 0 aliphatic rings. The van der Waals surface area contributed by atoms with Gasteiger partial charge in [-0.05, 0) is 24.0 Å².